The van der Waals surface area contributed by atoms with Gasteiger partial charge in [-0.3, -0.25) is 10.2 Å². The van der Waals surface area contributed by atoms with Gasteiger partial charge < -0.3 is 9.15 Å². The zero-order valence-electron chi connectivity index (χ0n) is 11.6. The fourth-order valence-electron chi connectivity index (χ4n) is 1.82. The molecule has 0 unspecified atom stereocenters. The highest BCUT2D eigenvalue weighted by molar-refractivity contribution is 5.93. The van der Waals surface area contributed by atoms with E-state index in [0.717, 1.165) is 13.0 Å². The van der Waals surface area contributed by atoms with Crippen LogP contribution < -0.4 is 11.3 Å². The molecule has 0 aliphatic heterocycles. The highest BCUT2D eigenvalue weighted by Crippen LogP contribution is 2.10. The number of unbranched alkanes of at least 4 members (excludes halogenated alkanes) is 5. The van der Waals surface area contributed by atoms with E-state index in [9.17, 15) is 4.79 Å². The molecule has 19 heavy (non-hydrogen) atoms. The molecule has 0 saturated carbocycles. The van der Waals surface area contributed by atoms with Crippen molar-refractivity contribution in [2.75, 3.05) is 6.61 Å². The predicted molar refractivity (Wildman–Crippen MR) is 73.4 cm³/mol. The van der Waals surface area contributed by atoms with E-state index in [1.807, 2.05) is 0 Å². The molecular weight excluding hydrogens is 244 g/mol. The summed E-state index contributed by atoms with van der Waals surface area (Å²) in [5.74, 6) is 5.32. The van der Waals surface area contributed by atoms with Crippen LogP contribution >= 0.6 is 0 Å². The Bertz CT molecular complexity index is 363. The maximum absolute atomic E-state index is 11.2. The lowest BCUT2D eigenvalue weighted by atomic mass is 10.1. The van der Waals surface area contributed by atoms with Crippen molar-refractivity contribution in [1.29, 1.82) is 0 Å². The number of nitrogen functional groups attached to an aromatic ring is 1. The highest BCUT2D eigenvalue weighted by atomic mass is 16.5. The number of carbonyl (C=O) groups is 1. The Labute approximate surface area is 114 Å². The third kappa shape index (κ3) is 6.40. The Kier molecular flexibility index (Phi) is 7.93. The van der Waals surface area contributed by atoms with E-state index in [1.165, 1.54) is 38.4 Å². The molecule has 3 N–H and O–H groups in total. The molecule has 5 heteroatoms. The van der Waals surface area contributed by atoms with Gasteiger partial charge in [0.25, 0.3) is 5.91 Å². The van der Waals surface area contributed by atoms with Crippen molar-refractivity contribution >= 4 is 5.91 Å². The van der Waals surface area contributed by atoms with Crippen LogP contribution in [0, 0.1) is 0 Å². The number of nitrogens with two attached hydrogens (primary N) is 1. The van der Waals surface area contributed by atoms with Gasteiger partial charge in [0.2, 0.25) is 0 Å². The first kappa shape index (κ1) is 15.7. The number of nitrogens with one attached hydrogen (secondary N) is 1. The number of amides is 1. The second kappa shape index (κ2) is 9.58. The molecule has 1 aromatic heterocycles. The minimum absolute atomic E-state index is 0.356. The van der Waals surface area contributed by atoms with Crippen LogP contribution in [0.5, 0.6) is 0 Å². The number of carbonyl (C=O) groups excluding carboxylic acids is 1. The number of furan rings is 1. The average Bonchev–Trinajstić information content (AvgIpc) is 2.89. The average molecular weight is 268 g/mol. The monoisotopic (exact) mass is 268 g/mol. The second-order valence-corrected chi connectivity index (χ2v) is 4.60. The van der Waals surface area contributed by atoms with E-state index in [0.29, 0.717) is 17.9 Å². The SMILES string of the molecule is CCCCCCCCOCc1cc(C(=O)NN)co1. The van der Waals surface area contributed by atoms with Gasteiger partial charge >= 0.3 is 0 Å². The molecule has 0 fully saturated rings. The predicted octanol–water partition coefficient (Wildman–Crippen LogP) is 2.76. The second-order valence-electron chi connectivity index (χ2n) is 4.60. The van der Waals surface area contributed by atoms with E-state index in [2.05, 4.69) is 12.3 Å². The molecule has 1 heterocycles. The molecule has 0 bridgehead atoms. The van der Waals surface area contributed by atoms with Gasteiger partial charge in [0.15, 0.2) is 0 Å². The fourth-order valence-corrected chi connectivity index (χ4v) is 1.82. The standard InChI is InChI=1S/C14H24N2O3/c1-2-3-4-5-6-7-8-18-11-13-9-12(10-19-13)14(17)16-15/h9-10H,2-8,11,15H2,1H3,(H,16,17). The summed E-state index contributed by atoms with van der Waals surface area (Å²) in [5, 5.41) is 0. The van der Waals surface area contributed by atoms with Crippen LogP contribution in [0.1, 0.15) is 61.6 Å². The van der Waals surface area contributed by atoms with Crippen LogP contribution in [0.3, 0.4) is 0 Å². The Balaban J connectivity index is 2.06. The molecule has 108 valence electrons. The normalized spacial score (nSPS) is 10.6. The van der Waals surface area contributed by atoms with Crippen molar-refractivity contribution in [1.82, 2.24) is 5.43 Å². The van der Waals surface area contributed by atoms with Crippen LogP contribution in [0.4, 0.5) is 0 Å². The van der Waals surface area contributed by atoms with Crippen LogP contribution in [0.2, 0.25) is 0 Å². The Morgan fingerprint density at radius 1 is 1.32 bits per heavy atom. The van der Waals surface area contributed by atoms with E-state index >= 15 is 0 Å². The smallest absolute Gasteiger partial charge is 0.268 e. The molecule has 0 atom stereocenters. The van der Waals surface area contributed by atoms with Crippen molar-refractivity contribution in [2.45, 2.75) is 52.1 Å². The molecule has 1 amide bonds. The molecule has 0 aromatic carbocycles. The first-order valence-corrected chi connectivity index (χ1v) is 6.94. The minimum Gasteiger partial charge on any atom is -0.466 e. The minimum atomic E-state index is -0.356. The van der Waals surface area contributed by atoms with Gasteiger partial charge in [0.1, 0.15) is 18.6 Å². The van der Waals surface area contributed by atoms with E-state index in [4.69, 9.17) is 15.0 Å². The molecule has 0 saturated heterocycles. The fraction of sp³-hybridized carbons (Fsp3) is 0.643. The summed E-state index contributed by atoms with van der Waals surface area (Å²) >= 11 is 0. The largest absolute Gasteiger partial charge is 0.466 e. The lowest BCUT2D eigenvalue weighted by molar-refractivity contribution is 0.0953. The molecule has 0 radical (unpaired) electrons. The number of hydrazine groups is 1. The summed E-state index contributed by atoms with van der Waals surface area (Å²) in [6.07, 6.45) is 8.84. The lowest BCUT2D eigenvalue weighted by Crippen LogP contribution is -2.29. The van der Waals surface area contributed by atoms with Crippen LogP contribution in [-0.4, -0.2) is 12.5 Å². The van der Waals surface area contributed by atoms with E-state index in [1.54, 1.807) is 6.07 Å². The topological polar surface area (TPSA) is 77.5 Å². The van der Waals surface area contributed by atoms with Crippen LogP contribution in [0.25, 0.3) is 0 Å². The lowest BCUT2D eigenvalue weighted by Gasteiger charge is -2.02. The summed E-state index contributed by atoms with van der Waals surface area (Å²) in [6.45, 7) is 3.34. The molecule has 1 rings (SSSR count). The zero-order chi connectivity index (χ0) is 13.9. The van der Waals surface area contributed by atoms with Gasteiger partial charge in [-0.1, -0.05) is 39.0 Å². The van der Waals surface area contributed by atoms with Gasteiger partial charge in [-0.15, -0.1) is 0 Å². The van der Waals surface area contributed by atoms with Crippen LogP contribution in [0.15, 0.2) is 16.7 Å². The summed E-state index contributed by atoms with van der Waals surface area (Å²) < 4.78 is 10.7. The summed E-state index contributed by atoms with van der Waals surface area (Å²) in [7, 11) is 0. The number of hydrogen-bond acceptors (Lipinski definition) is 4. The van der Waals surface area contributed by atoms with Gasteiger partial charge in [-0.05, 0) is 12.5 Å². The highest BCUT2D eigenvalue weighted by Gasteiger charge is 2.08. The third-order valence-corrected chi connectivity index (χ3v) is 2.93. The Hall–Kier alpha value is -1.33. The number of rotatable bonds is 10. The van der Waals surface area contributed by atoms with Gasteiger partial charge in [-0.25, -0.2) is 5.84 Å². The van der Waals surface area contributed by atoms with Crippen LogP contribution in [-0.2, 0) is 11.3 Å². The Morgan fingerprint density at radius 2 is 2.05 bits per heavy atom. The first-order valence-electron chi connectivity index (χ1n) is 6.94. The molecular formula is C14H24N2O3. The van der Waals surface area contributed by atoms with Crippen molar-refractivity contribution in [3.05, 3.63) is 23.7 Å². The molecule has 1 aromatic rings. The summed E-state index contributed by atoms with van der Waals surface area (Å²) in [5.41, 5.74) is 2.47. The third-order valence-electron chi connectivity index (χ3n) is 2.93. The summed E-state index contributed by atoms with van der Waals surface area (Å²) in [4.78, 5) is 11.2. The number of hydrogen-bond donors (Lipinski definition) is 2. The van der Waals surface area contributed by atoms with Crippen molar-refractivity contribution in [2.24, 2.45) is 5.84 Å². The molecule has 0 spiro atoms. The number of ether oxygens (including phenoxy) is 1. The zero-order valence-corrected chi connectivity index (χ0v) is 11.6. The molecule has 0 aliphatic carbocycles. The van der Waals surface area contributed by atoms with Crippen molar-refractivity contribution < 1.29 is 13.9 Å². The molecule has 5 nitrogen and oxygen atoms in total. The van der Waals surface area contributed by atoms with Gasteiger partial charge in [-0.2, -0.15) is 0 Å². The van der Waals surface area contributed by atoms with Crippen molar-refractivity contribution in [3.8, 4) is 0 Å². The maximum Gasteiger partial charge on any atom is 0.268 e. The summed E-state index contributed by atoms with van der Waals surface area (Å²) in [6, 6.07) is 1.64. The first-order chi connectivity index (χ1) is 9.27. The molecule has 0 aliphatic rings. The van der Waals surface area contributed by atoms with E-state index in [-0.39, 0.29) is 5.91 Å². The quantitative estimate of drug-likeness (QED) is 0.296. The van der Waals surface area contributed by atoms with Gasteiger partial charge in [0.05, 0.1) is 5.56 Å². The van der Waals surface area contributed by atoms with Crippen molar-refractivity contribution in [3.63, 3.8) is 0 Å². The van der Waals surface area contributed by atoms with E-state index < -0.39 is 0 Å². The van der Waals surface area contributed by atoms with Gasteiger partial charge in [0, 0.05) is 6.61 Å². The maximum atomic E-state index is 11.2. The Morgan fingerprint density at radius 3 is 2.79 bits per heavy atom.